The second-order valence-electron chi connectivity index (χ2n) is 5.72. The SMILES string of the molecule is CC(CCN)CCCN1CCCC(C)C1C. The van der Waals surface area contributed by atoms with Gasteiger partial charge in [-0.1, -0.05) is 13.8 Å². The van der Waals surface area contributed by atoms with Crippen molar-refractivity contribution in [2.24, 2.45) is 17.6 Å². The fourth-order valence-electron chi connectivity index (χ4n) is 2.81. The number of hydrogen-bond donors (Lipinski definition) is 1. The lowest BCUT2D eigenvalue weighted by atomic mass is 9.91. The molecule has 1 saturated heterocycles. The Hall–Kier alpha value is -0.0800. The minimum Gasteiger partial charge on any atom is -0.330 e. The quantitative estimate of drug-likeness (QED) is 0.754. The van der Waals surface area contributed by atoms with Crippen molar-refractivity contribution in [2.45, 2.75) is 58.9 Å². The van der Waals surface area contributed by atoms with Crippen molar-refractivity contribution in [3.05, 3.63) is 0 Å². The Bertz CT molecular complexity index is 182. The van der Waals surface area contributed by atoms with Gasteiger partial charge < -0.3 is 10.6 Å². The van der Waals surface area contributed by atoms with E-state index < -0.39 is 0 Å². The molecule has 0 spiro atoms. The van der Waals surface area contributed by atoms with E-state index in [4.69, 9.17) is 5.73 Å². The van der Waals surface area contributed by atoms with Crippen LogP contribution in [0.4, 0.5) is 0 Å². The standard InChI is InChI=1S/C14H30N2/c1-12(8-9-15)6-4-10-16-11-5-7-13(2)14(16)3/h12-14H,4-11,15H2,1-3H3. The zero-order valence-corrected chi connectivity index (χ0v) is 11.4. The molecule has 0 bridgehead atoms. The van der Waals surface area contributed by atoms with Crippen molar-refractivity contribution in [1.29, 1.82) is 0 Å². The van der Waals surface area contributed by atoms with E-state index in [1.54, 1.807) is 0 Å². The summed E-state index contributed by atoms with van der Waals surface area (Å²) in [5.74, 6) is 1.69. The van der Waals surface area contributed by atoms with Crippen LogP contribution in [-0.4, -0.2) is 30.6 Å². The molecule has 3 atom stereocenters. The molecular weight excluding hydrogens is 196 g/mol. The average molecular weight is 226 g/mol. The summed E-state index contributed by atoms with van der Waals surface area (Å²) in [7, 11) is 0. The monoisotopic (exact) mass is 226 g/mol. The molecule has 0 aliphatic carbocycles. The van der Waals surface area contributed by atoms with Gasteiger partial charge in [0.15, 0.2) is 0 Å². The van der Waals surface area contributed by atoms with Gasteiger partial charge in [-0.25, -0.2) is 0 Å². The molecular formula is C14H30N2. The summed E-state index contributed by atoms with van der Waals surface area (Å²) in [5.41, 5.74) is 5.57. The summed E-state index contributed by atoms with van der Waals surface area (Å²) < 4.78 is 0. The molecule has 1 fully saturated rings. The summed E-state index contributed by atoms with van der Waals surface area (Å²) in [6.07, 6.45) is 6.68. The highest BCUT2D eigenvalue weighted by atomic mass is 15.2. The van der Waals surface area contributed by atoms with Gasteiger partial charge in [0.05, 0.1) is 0 Å². The van der Waals surface area contributed by atoms with Gasteiger partial charge in [-0.15, -0.1) is 0 Å². The summed E-state index contributed by atoms with van der Waals surface area (Å²) in [4.78, 5) is 2.68. The highest BCUT2D eigenvalue weighted by Gasteiger charge is 2.23. The first-order chi connectivity index (χ1) is 7.65. The van der Waals surface area contributed by atoms with E-state index in [1.165, 1.54) is 45.2 Å². The number of nitrogens with two attached hydrogens (primary N) is 1. The van der Waals surface area contributed by atoms with Crippen LogP contribution in [0.15, 0.2) is 0 Å². The molecule has 1 aliphatic rings. The second-order valence-corrected chi connectivity index (χ2v) is 5.72. The van der Waals surface area contributed by atoms with Crippen molar-refractivity contribution < 1.29 is 0 Å². The van der Waals surface area contributed by atoms with E-state index in [-0.39, 0.29) is 0 Å². The highest BCUT2D eigenvalue weighted by molar-refractivity contribution is 4.78. The Morgan fingerprint density at radius 3 is 2.75 bits per heavy atom. The molecule has 0 aromatic heterocycles. The summed E-state index contributed by atoms with van der Waals surface area (Å²) in [5, 5.41) is 0. The second kappa shape index (κ2) is 7.29. The molecule has 1 aliphatic heterocycles. The van der Waals surface area contributed by atoms with Crippen LogP contribution in [0.3, 0.4) is 0 Å². The Balaban J connectivity index is 2.16. The predicted molar refractivity (Wildman–Crippen MR) is 71.5 cm³/mol. The summed E-state index contributed by atoms with van der Waals surface area (Å²) >= 11 is 0. The molecule has 2 N–H and O–H groups in total. The maximum atomic E-state index is 5.57. The maximum absolute atomic E-state index is 5.57. The maximum Gasteiger partial charge on any atom is 0.00925 e. The van der Waals surface area contributed by atoms with Crippen LogP contribution >= 0.6 is 0 Å². The van der Waals surface area contributed by atoms with Crippen molar-refractivity contribution >= 4 is 0 Å². The Morgan fingerprint density at radius 1 is 1.31 bits per heavy atom. The van der Waals surface area contributed by atoms with E-state index in [0.717, 1.165) is 24.4 Å². The first-order valence-corrected chi connectivity index (χ1v) is 7.09. The Kier molecular flexibility index (Phi) is 6.37. The van der Waals surface area contributed by atoms with Crippen LogP contribution in [0.5, 0.6) is 0 Å². The smallest absolute Gasteiger partial charge is 0.00925 e. The van der Waals surface area contributed by atoms with Crippen molar-refractivity contribution in [3.63, 3.8) is 0 Å². The van der Waals surface area contributed by atoms with Gasteiger partial charge in [0.2, 0.25) is 0 Å². The van der Waals surface area contributed by atoms with E-state index in [9.17, 15) is 0 Å². The molecule has 1 rings (SSSR count). The van der Waals surface area contributed by atoms with Gasteiger partial charge >= 0.3 is 0 Å². The summed E-state index contributed by atoms with van der Waals surface area (Å²) in [6, 6.07) is 0.790. The molecule has 3 unspecified atom stereocenters. The number of hydrogen-bond acceptors (Lipinski definition) is 2. The lowest BCUT2D eigenvalue weighted by Gasteiger charge is -2.38. The Morgan fingerprint density at radius 2 is 2.06 bits per heavy atom. The van der Waals surface area contributed by atoms with Gasteiger partial charge in [-0.3, -0.25) is 0 Å². The predicted octanol–water partition coefficient (Wildman–Crippen LogP) is 2.87. The molecule has 96 valence electrons. The fraction of sp³-hybridized carbons (Fsp3) is 1.00. The highest BCUT2D eigenvalue weighted by Crippen LogP contribution is 2.23. The lowest BCUT2D eigenvalue weighted by molar-refractivity contribution is 0.110. The van der Waals surface area contributed by atoms with Crippen LogP contribution in [0.25, 0.3) is 0 Å². The largest absolute Gasteiger partial charge is 0.330 e. The normalized spacial score (nSPS) is 29.2. The third kappa shape index (κ3) is 4.42. The van der Waals surface area contributed by atoms with Crippen LogP contribution in [-0.2, 0) is 0 Å². The van der Waals surface area contributed by atoms with Crippen molar-refractivity contribution in [1.82, 2.24) is 4.90 Å². The first kappa shape index (κ1) is 14.0. The van der Waals surface area contributed by atoms with E-state index in [2.05, 4.69) is 25.7 Å². The van der Waals surface area contributed by atoms with Crippen molar-refractivity contribution in [3.8, 4) is 0 Å². The minimum atomic E-state index is 0.790. The van der Waals surface area contributed by atoms with E-state index in [0.29, 0.717) is 0 Å². The van der Waals surface area contributed by atoms with Gasteiger partial charge in [0.25, 0.3) is 0 Å². The zero-order valence-electron chi connectivity index (χ0n) is 11.4. The number of likely N-dealkylation sites (tertiary alicyclic amines) is 1. The van der Waals surface area contributed by atoms with Crippen LogP contribution in [0.2, 0.25) is 0 Å². The first-order valence-electron chi connectivity index (χ1n) is 7.09. The van der Waals surface area contributed by atoms with Gasteiger partial charge in [-0.05, 0) is 70.5 Å². The molecule has 0 aromatic carbocycles. The number of rotatable bonds is 6. The van der Waals surface area contributed by atoms with Crippen LogP contribution in [0.1, 0.15) is 52.9 Å². The van der Waals surface area contributed by atoms with E-state index in [1.807, 2.05) is 0 Å². The third-order valence-electron chi connectivity index (χ3n) is 4.31. The molecule has 1 heterocycles. The third-order valence-corrected chi connectivity index (χ3v) is 4.31. The lowest BCUT2D eigenvalue weighted by Crippen LogP contribution is -2.42. The molecule has 0 radical (unpaired) electrons. The summed E-state index contributed by atoms with van der Waals surface area (Å²) in [6.45, 7) is 10.6. The van der Waals surface area contributed by atoms with E-state index >= 15 is 0 Å². The molecule has 0 amide bonds. The molecule has 0 saturated carbocycles. The molecule has 2 heteroatoms. The molecule has 0 aromatic rings. The zero-order chi connectivity index (χ0) is 12.0. The number of piperidine rings is 1. The minimum absolute atomic E-state index is 0.790. The average Bonchev–Trinajstić information content (AvgIpc) is 2.25. The molecule has 2 nitrogen and oxygen atoms in total. The topological polar surface area (TPSA) is 29.3 Å². The van der Waals surface area contributed by atoms with Gasteiger partial charge in [0, 0.05) is 6.04 Å². The van der Waals surface area contributed by atoms with Gasteiger partial charge in [0.1, 0.15) is 0 Å². The number of nitrogens with zero attached hydrogens (tertiary/aromatic N) is 1. The van der Waals surface area contributed by atoms with Crippen LogP contribution < -0.4 is 5.73 Å². The van der Waals surface area contributed by atoms with Crippen LogP contribution in [0, 0.1) is 11.8 Å². The van der Waals surface area contributed by atoms with Crippen molar-refractivity contribution in [2.75, 3.05) is 19.6 Å². The molecule has 16 heavy (non-hydrogen) atoms. The fourth-order valence-corrected chi connectivity index (χ4v) is 2.81. The van der Waals surface area contributed by atoms with Gasteiger partial charge in [-0.2, -0.15) is 0 Å². The Labute approximate surface area is 102 Å².